The maximum atomic E-state index is 13.9. The molecule has 5 rings (SSSR count). The molecule has 3 aromatic carbocycles. The predicted molar refractivity (Wildman–Crippen MR) is 158 cm³/mol. The second-order valence-corrected chi connectivity index (χ2v) is 10.2. The van der Waals surface area contributed by atoms with Crippen LogP contribution in [-0.2, 0) is 11.3 Å². The van der Waals surface area contributed by atoms with Crippen molar-refractivity contribution in [1.82, 2.24) is 4.98 Å². The van der Waals surface area contributed by atoms with Gasteiger partial charge in [-0.05, 0) is 72.4 Å². The molecule has 1 aromatic heterocycles. The minimum Gasteiger partial charge on any atom is -0.495 e. The van der Waals surface area contributed by atoms with E-state index in [1.807, 2.05) is 78.6 Å². The van der Waals surface area contributed by atoms with Crippen molar-refractivity contribution in [2.24, 2.45) is 5.92 Å². The minimum atomic E-state index is 0.0474. The Hall–Kier alpha value is -4.63. The number of aromatic nitrogens is 1. The highest BCUT2D eigenvalue weighted by Crippen LogP contribution is 2.31. The third kappa shape index (κ3) is 6.32. The van der Waals surface area contributed by atoms with Crippen molar-refractivity contribution in [2.75, 3.05) is 12.0 Å². The first-order valence-electron chi connectivity index (χ1n) is 13.7. The van der Waals surface area contributed by atoms with Gasteiger partial charge in [-0.3, -0.25) is 4.79 Å². The second-order valence-electron chi connectivity index (χ2n) is 10.2. The summed E-state index contributed by atoms with van der Waals surface area (Å²) in [6, 6.07) is 24.0. The van der Waals surface area contributed by atoms with Crippen LogP contribution in [0.1, 0.15) is 60.4 Å². The largest absolute Gasteiger partial charge is 0.495 e. The molecule has 0 bridgehead atoms. The van der Waals surface area contributed by atoms with Gasteiger partial charge in [0.15, 0.2) is 0 Å². The summed E-state index contributed by atoms with van der Waals surface area (Å²) in [5.41, 5.74) is 6.17. The zero-order valence-electron chi connectivity index (χ0n) is 23.0. The summed E-state index contributed by atoms with van der Waals surface area (Å²) in [6.45, 7) is 2.37. The summed E-state index contributed by atoms with van der Waals surface area (Å²) >= 11 is 0. The molecule has 1 fully saturated rings. The molecule has 0 saturated heterocycles. The number of methoxy groups -OCH3 is 1. The summed E-state index contributed by atoms with van der Waals surface area (Å²) in [5, 5.41) is 9.46. The summed E-state index contributed by atoms with van der Waals surface area (Å²) < 4.78 is 10.7. The third-order valence-corrected chi connectivity index (χ3v) is 7.41. The van der Waals surface area contributed by atoms with Crippen LogP contribution in [0.5, 0.6) is 5.75 Å². The Bertz CT molecular complexity index is 1540. The minimum absolute atomic E-state index is 0.0474. The van der Waals surface area contributed by atoms with Crippen LogP contribution >= 0.6 is 0 Å². The molecule has 0 unspecified atom stereocenters. The molecule has 40 heavy (non-hydrogen) atoms. The average Bonchev–Trinajstić information content (AvgIpc) is 3.44. The Morgan fingerprint density at radius 1 is 1.05 bits per heavy atom. The van der Waals surface area contributed by atoms with Crippen molar-refractivity contribution in [2.45, 2.75) is 45.6 Å². The smallest absolute Gasteiger partial charge is 0.230 e. The van der Waals surface area contributed by atoms with Crippen molar-refractivity contribution >= 4 is 23.7 Å². The van der Waals surface area contributed by atoms with Crippen LogP contribution in [0.4, 0.5) is 5.69 Å². The van der Waals surface area contributed by atoms with Crippen LogP contribution < -0.4 is 9.64 Å². The number of amides is 1. The molecular weight excluding hydrogens is 498 g/mol. The van der Waals surface area contributed by atoms with Gasteiger partial charge in [0.05, 0.1) is 24.9 Å². The van der Waals surface area contributed by atoms with E-state index in [4.69, 9.17) is 9.15 Å². The summed E-state index contributed by atoms with van der Waals surface area (Å²) in [4.78, 5) is 20.1. The number of rotatable bonds is 8. The molecule has 6 heteroatoms. The topological polar surface area (TPSA) is 79.4 Å². The maximum Gasteiger partial charge on any atom is 0.230 e. The van der Waals surface area contributed by atoms with Gasteiger partial charge < -0.3 is 14.1 Å². The maximum absolute atomic E-state index is 13.9. The number of ether oxygens (including phenoxy) is 1. The zero-order valence-corrected chi connectivity index (χ0v) is 23.0. The van der Waals surface area contributed by atoms with Crippen LogP contribution in [0.15, 0.2) is 77.4 Å². The second kappa shape index (κ2) is 12.5. The highest BCUT2D eigenvalue weighted by atomic mass is 16.5. The molecule has 0 radical (unpaired) electrons. The number of hydrogen-bond donors (Lipinski definition) is 0. The first-order chi connectivity index (χ1) is 19.5. The van der Waals surface area contributed by atoms with E-state index in [0.717, 1.165) is 59.3 Å². The quantitative estimate of drug-likeness (QED) is 0.232. The molecule has 1 heterocycles. The Balaban J connectivity index is 1.41. The van der Waals surface area contributed by atoms with Gasteiger partial charge in [0.25, 0.3) is 0 Å². The number of carbonyl (C=O) groups excluding carboxylic acids is 1. The average molecular weight is 532 g/mol. The lowest BCUT2D eigenvalue weighted by Gasteiger charge is -2.30. The standard InChI is InChI=1S/C34H33N3O3/c1-24-23-40-33(36-24)18-13-25-7-6-10-31(19-25)37(34(38)28-8-4-3-5-9-28)22-26-11-14-27(15-12-26)29-16-17-32(39-2)30(20-29)21-35/h6-7,10-20,23,28H,3-5,8-9,22H2,1-2H3. The fraction of sp³-hybridized carbons (Fsp3) is 0.265. The number of nitrogens with zero attached hydrogens (tertiary/aromatic N) is 3. The molecule has 0 atom stereocenters. The number of aryl methyl sites for hydroxylation is 1. The number of nitriles is 1. The summed E-state index contributed by atoms with van der Waals surface area (Å²) in [6.07, 6.45) is 10.7. The van der Waals surface area contributed by atoms with E-state index in [-0.39, 0.29) is 11.8 Å². The fourth-order valence-corrected chi connectivity index (χ4v) is 5.24. The predicted octanol–water partition coefficient (Wildman–Crippen LogP) is 7.81. The number of oxazole rings is 1. The first-order valence-corrected chi connectivity index (χ1v) is 13.7. The number of hydrogen-bond acceptors (Lipinski definition) is 5. The van der Waals surface area contributed by atoms with Crippen LogP contribution in [0, 0.1) is 24.2 Å². The summed E-state index contributed by atoms with van der Waals surface area (Å²) in [7, 11) is 1.56. The molecule has 1 amide bonds. The highest BCUT2D eigenvalue weighted by Gasteiger charge is 2.27. The lowest BCUT2D eigenvalue weighted by atomic mass is 9.88. The summed E-state index contributed by atoms with van der Waals surface area (Å²) in [5.74, 6) is 1.34. The molecule has 0 N–H and O–H groups in total. The molecule has 0 aliphatic heterocycles. The van der Waals surface area contributed by atoms with Gasteiger partial charge in [0.1, 0.15) is 18.1 Å². The van der Waals surface area contributed by atoms with Crippen molar-refractivity contribution in [3.05, 3.63) is 101 Å². The van der Waals surface area contributed by atoms with Crippen LogP contribution in [0.2, 0.25) is 0 Å². The van der Waals surface area contributed by atoms with E-state index in [9.17, 15) is 10.1 Å². The third-order valence-electron chi connectivity index (χ3n) is 7.41. The molecular formula is C34H33N3O3. The lowest BCUT2D eigenvalue weighted by Crippen LogP contribution is -2.36. The van der Waals surface area contributed by atoms with E-state index in [1.165, 1.54) is 6.42 Å². The van der Waals surface area contributed by atoms with Crippen molar-refractivity contribution in [3.8, 4) is 22.9 Å². The van der Waals surface area contributed by atoms with Crippen LogP contribution in [-0.4, -0.2) is 18.0 Å². The fourth-order valence-electron chi connectivity index (χ4n) is 5.24. The van der Waals surface area contributed by atoms with Crippen molar-refractivity contribution in [3.63, 3.8) is 0 Å². The molecule has 1 aliphatic rings. The van der Waals surface area contributed by atoms with Crippen LogP contribution in [0.25, 0.3) is 23.3 Å². The van der Waals surface area contributed by atoms with E-state index in [2.05, 4.69) is 23.2 Å². The molecule has 1 saturated carbocycles. The van der Waals surface area contributed by atoms with E-state index < -0.39 is 0 Å². The first kappa shape index (κ1) is 27.0. The van der Waals surface area contributed by atoms with Gasteiger partial charge in [-0.15, -0.1) is 0 Å². The van der Waals surface area contributed by atoms with Crippen LogP contribution in [0.3, 0.4) is 0 Å². The van der Waals surface area contributed by atoms with E-state index >= 15 is 0 Å². The van der Waals surface area contributed by atoms with Gasteiger partial charge in [-0.1, -0.05) is 61.7 Å². The monoisotopic (exact) mass is 531 g/mol. The molecule has 4 aromatic rings. The van der Waals surface area contributed by atoms with Crippen molar-refractivity contribution < 1.29 is 13.9 Å². The number of benzene rings is 3. The number of carbonyl (C=O) groups is 1. The van der Waals surface area contributed by atoms with Gasteiger partial charge in [-0.25, -0.2) is 4.98 Å². The molecule has 202 valence electrons. The normalized spacial score (nSPS) is 13.7. The van der Waals surface area contributed by atoms with Gasteiger partial charge in [0.2, 0.25) is 11.8 Å². The van der Waals surface area contributed by atoms with Gasteiger partial charge in [-0.2, -0.15) is 5.26 Å². The van der Waals surface area contributed by atoms with E-state index in [0.29, 0.717) is 23.7 Å². The van der Waals surface area contributed by atoms with Gasteiger partial charge >= 0.3 is 0 Å². The Morgan fingerprint density at radius 2 is 1.82 bits per heavy atom. The van der Waals surface area contributed by atoms with E-state index in [1.54, 1.807) is 13.4 Å². The van der Waals surface area contributed by atoms with Gasteiger partial charge in [0, 0.05) is 17.7 Å². The van der Waals surface area contributed by atoms with Crippen molar-refractivity contribution in [1.29, 1.82) is 5.26 Å². The molecule has 6 nitrogen and oxygen atoms in total. The Labute approximate surface area is 235 Å². The Kier molecular flexibility index (Phi) is 8.41. The Morgan fingerprint density at radius 3 is 2.52 bits per heavy atom. The SMILES string of the molecule is COc1ccc(-c2ccc(CN(C(=O)C3CCCCC3)c3cccc(C=Cc4nc(C)co4)c3)cc2)cc1C#N. The molecule has 1 aliphatic carbocycles. The highest BCUT2D eigenvalue weighted by molar-refractivity contribution is 5.95. The lowest BCUT2D eigenvalue weighted by molar-refractivity contribution is -0.123. The number of anilines is 1. The zero-order chi connectivity index (χ0) is 27.9. The molecule has 0 spiro atoms.